The van der Waals surface area contributed by atoms with Crippen molar-refractivity contribution in [2.75, 3.05) is 5.73 Å². The van der Waals surface area contributed by atoms with Gasteiger partial charge < -0.3 is 10.3 Å². The zero-order valence-electron chi connectivity index (χ0n) is 7.62. The fraction of sp³-hybridized carbons (Fsp3) is 0.100. The molecule has 0 saturated carbocycles. The van der Waals surface area contributed by atoms with Gasteiger partial charge in [-0.25, -0.2) is 0 Å². The molecule has 0 amide bonds. The zero-order chi connectivity index (χ0) is 10.3. The van der Waals surface area contributed by atoms with Crippen LogP contribution in [0.5, 0.6) is 0 Å². The Morgan fingerprint density at radius 2 is 2.14 bits per heavy atom. The third kappa shape index (κ3) is 1.17. The van der Waals surface area contributed by atoms with E-state index in [1.54, 1.807) is 13.1 Å². The van der Waals surface area contributed by atoms with Gasteiger partial charge >= 0.3 is 0 Å². The highest BCUT2D eigenvalue weighted by Gasteiger charge is 2.06. The maximum Gasteiger partial charge on any atom is 0.252 e. The van der Waals surface area contributed by atoms with Crippen LogP contribution in [-0.4, -0.2) is 4.57 Å². The van der Waals surface area contributed by atoms with Crippen LogP contribution in [0.2, 0.25) is 5.02 Å². The van der Waals surface area contributed by atoms with E-state index in [1.807, 2.05) is 12.1 Å². The monoisotopic (exact) mass is 208 g/mol. The second-order valence-electron chi connectivity index (χ2n) is 3.13. The highest BCUT2D eigenvalue weighted by Crippen LogP contribution is 2.24. The highest BCUT2D eigenvalue weighted by atomic mass is 35.5. The summed E-state index contributed by atoms with van der Waals surface area (Å²) in [6, 6.07) is 6.79. The number of para-hydroxylation sites is 1. The van der Waals surface area contributed by atoms with Crippen molar-refractivity contribution in [3.05, 3.63) is 39.6 Å². The summed E-state index contributed by atoms with van der Waals surface area (Å²) in [5, 5.41) is 1.34. The van der Waals surface area contributed by atoms with Gasteiger partial charge in [0.05, 0.1) is 10.5 Å². The Kier molecular flexibility index (Phi) is 1.97. The van der Waals surface area contributed by atoms with Gasteiger partial charge in [-0.3, -0.25) is 4.79 Å². The number of nitrogens with zero attached hydrogens (tertiary/aromatic N) is 1. The van der Waals surface area contributed by atoms with Gasteiger partial charge in [-0.2, -0.15) is 0 Å². The topological polar surface area (TPSA) is 48.0 Å². The molecule has 72 valence electrons. The first-order chi connectivity index (χ1) is 6.61. The van der Waals surface area contributed by atoms with E-state index >= 15 is 0 Å². The molecule has 2 aromatic rings. The molecule has 0 aliphatic heterocycles. The summed E-state index contributed by atoms with van der Waals surface area (Å²) in [4.78, 5) is 11.4. The van der Waals surface area contributed by atoms with Crippen LogP contribution < -0.4 is 11.3 Å². The molecule has 0 saturated heterocycles. The van der Waals surface area contributed by atoms with E-state index < -0.39 is 0 Å². The summed E-state index contributed by atoms with van der Waals surface area (Å²) in [5.41, 5.74) is 6.72. The Balaban J connectivity index is 3.11. The maximum atomic E-state index is 11.4. The molecule has 0 unspecified atom stereocenters. The van der Waals surface area contributed by atoms with Crippen molar-refractivity contribution in [1.29, 1.82) is 0 Å². The number of anilines is 1. The highest BCUT2D eigenvalue weighted by molar-refractivity contribution is 6.35. The number of hydrogen-bond donors (Lipinski definition) is 1. The molecule has 2 N–H and O–H groups in total. The van der Waals surface area contributed by atoms with Crippen molar-refractivity contribution in [1.82, 2.24) is 4.57 Å². The second-order valence-corrected chi connectivity index (χ2v) is 3.54. The molecule has 1 aromatic heterocycles. The Labute approximate surface area is 85.7 Å². The maximum absolute atomic E-state index is 11.4. The van der Waals surface area contributed by atoms with Gasteiger partial charge in [0.2, 0.25) is 0 Å². The first kappa shape index (κ1) is 9.09. The number of rotatable bonds is 0. The lowest BCUT2D eigenvalue weighted by Crippen LogP contribution is -2.17. The van der Waals surface area contributed by atoms with Crippen LogP contribution in [0.4, 0.5) is 5.69 Å². The molecule has 0 aliphatic rings. The molecule has 0 aliphatic carbocycles. The molecule has 0 radical (unpaired) electrons. The first-order valence-corrected chi connectivity index (χ1v) is 4.53. The quantitative estimate of drug-likeness (QED) is 0.718. The third-order valence-electron chi connectivity index (χ3n) is 2.24. The van der Waals surface area contributed by atoms with Crippen LogP contribution in [0, 0.1) is 0 Å². The number of benzene rings is 1. The van der Waals surface area contributed by atoms with Crippen molar-refractivity contribution in [3.63, 3.8) is 0 Å². The van der Waals surface area contributed by atoms with E-state index in [0.29, 0.717) is 16.2 Å². The molecule has 2 rings (SSSR count). The number of aryl methyl sites for hydroxylation is 1. The van der Waals surface area contributed by atoms with Gasteiger partial charge in [-0.15, -0.1) is 0 Å². The van der Waals surface area contributed by atoms with Crippen molar-refractivity contribution in [2.24, 2.45) is 7.05 Å². The van der Waals surface area contributed by atoms with E-state index in [4.69, 9.17) is 17.3 Å². The third-order valence-corrected chi connectivity index (χ3v) is 2.55. The lowest BCUT2D eigenvalue weighted by Gasteiger charge is -2.07. The number of nitrogen functional groups attached to an aromatic ring is 1. The van der Waals surface area contributed by atoms with Crippen molar-refractivity contribution < 1.29 is 0 Å². The van der Waals surface area contributed by atoms with E-state index in [2.05, 4.69) is 0 Å². The number of pyridine rings is 1. The minimum Gasteiger partial charge on any atom is -0.398 e. The summed E-state index contributed by atoms with van der Waals surface area (Å²) in [7, 11) is 1.68. The van der Waals surface area contributed by atoms with E-state index in [9.17, 15) is 4.79 Å². The Morgan fingerprint density at radius 1 is 1.43 bits per heavy atom. The molecule has 14 heavy (non-hydrogen) atoms. The average Bonchev–Trinajstić information content (AvgIpc) is 2.14. The number of halogens is 1. The predicted molar refractivity (Wildman–Crippen MR) is 58.6 cm³/mol. The first-order valence-electron chi connectivity index (χ1n) is 4.15. The van der Waals surface area contributed by atoms with E-state index in [0.717, 1.165) is 5.39 Å². The fourth-order valence-corrected chi connectivity index (χ4v) is 1.81. The van der Waals surface area contributed by atoms with Gasteiger partial charge in [0.15, 0.2) is 0 Å². The minimum atomic E-state index is -0.150. The Morgan fingerprint density at radius 3 is 2.86 bits per heavy atom. The van der Waals surface area contributed by atoms with Crippen LogP contribution in [0.15, 0.2) is 29.1 Å². The van der Waals surface area contributed by atoms with Crippen LogP contribution >= 0.6 is 11.6 Å². The lowest BCUT2D eigenvalue weighted by atomic mass is 10.2. The van der Waals surface area contributed by atoms with Gasteiger partial charge in [0.25, 0.3) is 5.56 Å². The normalized spacial score (nSPS) is 10.7. The molecule has 0 spiro atoms. The van der Waals surface area contributed by atoms with Crippen molar-refractivity contribution in [2.45, 2.75) is 0 Å². The van der Waals surface area contributed by atoms with Gasteiger partial charge in [-0.1, -0.05) is 23.7 Å². The number of hydrogen-bond acceptors (Lipinski definition) is 2. The largest absolute Gasteiger partial charge is 0.398 e. The van der Waals surface area contributed by atoms with Gasteiger partial charge in [0, 0.05) is 24.2 Å². The Bertz CT molecular complexity index is 560. The SMILES string of the molecule is Cn1c(=O)cc(N)c2cccc(Cl)c21. The Hall–Kier alpha value is -1.48. The van der Waals surface area contributed by atoms with Crippen LogP contribution in [0.1, 0.15) is 0 Å². The molecule has 0 atom stereocenters. The molecule has 0 fully saturated rings. The summed E-state index contributed by atoms with van der Waals surface area (Å²) in [6.07, 6.45) is 0. The standard InChI is InChI=1S/C10H9ClN2O/c1-13-9(14)5-8(12)6-3-2-4-7(11)10(6)13/h2-5H,12H2,1H3. The number of aromatic nitrogens is 1. The summed E-state index contributed by atoms with van der Waals surface area (Å²) >= 11 is 5.99. The molecule has 4 heteroatoms. The average molecular weight is 209 g/mol. The van der Waals surface area contributed by atoms with Gasteiger partial charge in [0.1, 0.15) is 0 Å². The van der Waals surface area contributed by atoms with Gasteiger partial charge in [-0.05, 0) is 6.07 Å². The number of fused-ring (bicyclic) bond motifs is 1. The lowest BCUT2D eigenvalue weighted by molar-refractivity contribution is 0.907. The molecule has 3 nitrogen and oxygen atoms in total. The number of nitrogens with two attached hydrogens (primary N) is 1. The molecule has 0 bridgehead atoms. The van der Waals surface area contributed by atoms with E-state index in [1.165, 1.54) is 10.6 Å². The fourth-order valence-electron chi connectivity index (χ4n) is 1.51. The molecular formula is C10H9ClN2O. The van der Waals surface area contributed by atoms with E-state index in [-0.39, 0.29) is 5.56 Å². The second kappa shape index (κ2) is 3.03. The minimum absolute atomic E-state index is 0.150. The zero-order valence-corrected chi connectivity index (χ0v) is 8.38. The van der Waals surface area contributed by atoms with Crippen molar-refractivity contribution in [3.8, 4) is 0 Å². The molecule has 1 aromatic carbocycles. The molecular weight excluding hydrogens is 200 g/mol. The predicted octanol–water partition coefficient (Wildman–Crippen LogP) is 1.77. The van der Waals surface area contributed by atoms with Crippen molar-refractivity contribution >= 4 is 28.2 Å². The smallest absolute Gasteiger partial charge is 0.252 e. The summed E-state index contributed by atoms with van der Waals surface area (Å²) < 4.78 is 1.49. The van der Waals surface area contributed by atoms with Crippen LogP contribution in [0.3, 0.4) is 0 Å². The molecule has 1 heterocycles. The van der Waals surface area contributed by atoms with Crippen LogP contribution in [0.25, 0.3) is 10.9 Å². The summed E-state index contributed by atoms with van der Waals surface area (Å²) in [5.74, 6) is 0. The summed E-state index contributed by atoms with van der Waals surface area (Å²) in [6.45, 7) is 0. The van der Waals surface area contributed by atoms with Crippen LogP contribution in [-0.2, 0) is 7.05 Å².